The van der Waals surface area contributed by atoms with Crippen molar-refractivity contribution in [3.63, 3.8) is 0 Å². The van der Waals surface area contributed by atoms with Crippen LogP contribution in [0.3, 0.4) is 0 Å². The quantitative estimate of drug-likeness (QED) is 0.266. The van der Waals surface area contributed by atoms with Crippen LogP contribution in [-0.4, -0.2) is 41.9 Å². The van der Waals surface area contributed by atoms with Gasteiger partial charge in [0.1, 0.15) is 17.4 Å². The van der Waals surface area contributed by atoms with Gasteiger partial charge in [0.15, 0.2) is 11.2 Å². The highest BCUT2D eigenvalue weighted by Gasteiger charge is 2.14. The molecular weight excluding hydrogens is 454 g/mol. The molecule has 0 bridgehead atoms. The van der Waals surface area contributed by atoms with E-state index in [1.165, 1.54) is 29.2 Å². The number of carbonyl (C=O) groups is 1. The van der Waals surface area contributed by atoms with Crippen molar-refractivity contribution in [3.05, 3.63) is 92.8 Å². The molecule has 0 aliphatic rings. The van der Waals surface area contributed by atoms with Gasteiger partial charge in [-0.15, -0.1) is 0 Å². The van der Waals surface area contributed by atoms with E-state index in [1.54, 1.807) is 22.9 Å². The third kappa shape index (κ3) is 4.49. The van der Waals surface area contributed by atoms with Crippen LogP contribution >= 0.6 is 0 Å². The first-order chi connectivity index (χ1) is 17.0. The van der Waals surface area contributed by atoms with Crippen molar-refractivity contribution in [1.29, 1.82) is 0 Å². The van der Waals surface area contributed by atoms with Gasteiger partial charge in [-0.3, -0.25) is 24.3 Å². The van der Waals surface area contributed by atoms with Crippen molar-refractivity contribution < 1.29 is 14.2 Å². The number of hydrogen-bond acceptors (Lipinski definition) is 8. The Hall–Kier alpha value is -4.87. The Bertz CT molecular complexity index is 1600. The Morgan fingerprint density at radius 2 is 1.91 bits per heavy atom. The van der Waals surface area contributed by atoms with E-state index in [2.05, 4.69) is 20.6 Å². The van der Waals surface area contributed by atoms with Crippen LogP contribution < -0.4 is 10.9 Å². The Morgan fingerprint density at radius 3 is 2.71 bits per heavy atom. The van der Waals surface area contributed by atoms with Crippen LogP contribution in [0.5, 0.6) is 0 Å². The minimum atomic E-state index is -0.475. The van der Waals surface area contributed by atoms with Crippen LogP contribution in [0, 0.1) is 10.1 Å². The van der Waals surface area contributed by atoms with Gasteiger partial charge in [0.2, 0.25) is 5.91 Å². The van der Waals surface area contributed by atoms with Crippen molar-refractivity contribution in [1.82, 2.24) is 29.8 Å². The first-order valence-corrected chi connectivity index (χ1v) is 10.7. The number of nitro groups is 1. The SMILES string of the molecule is O=C(Cc1noc2ccccc12)NCCn1ncc2c(=O)n(Cc3ccc([N+](=O)[O-])cc3)cnc21. The second kappa shape index (κ2) is 9.17. The number of benzene rings is 2. The molecule has 3 aromatic heterocycles. The molecule has 0 fully saturated rings. The second-order valence-electron chi connectivity index (χ2n) is 7.86. The maximum Gasteiger partial charge on any atom is 0.269 e. The number of nitro benzene ring substituents is 1. The zero-order valence-electron chi connectivity index (χ0n) is 18.3. The second-order valence-corrected chi connectivity index (χ2v) is 7.86. The minimum absolute atomic E-state index is 0.0163. The van der Waals surface area contributed by atoms with Gasteiger partial charge in [0.05, 0.1) is 30.6 Å². The molecule has 1 N–H and O–H groups in total. The summed E-state index contributed by atoms with van der Waals surface area (Å²) in [5, 5.41) is 23.0. The standard InChI is InChI=1S/C23H19N7O5/c31-21(11-19-17-3-1-2-4-20(17)35-27-19)24-9-10-29-22-18(12-26-29)23(32)28(14-25-22)13-15-5-7-16(8-6-15)30(33)34/h1-8,12,14H,9-11,13H2,(H,24,31). The topological polar surface area (TPSA) is 151 Å². The first kappa shape index (κ1) is 21.9. The lowest BCUT2D eigenvalue weighted by atomic mass is 10.1. The molecule has 12 nitrogen and oxygen atoms in total. The molecule has 0 saturated heterocycles. The third-order valence-electron chi connectivity index (χ3n) is 5.55. The highest BCUT2D eigenvalue weighted by molar-refractivity contribution is 5.86. The molecule has 5 rings (SSSR count). The number of nitrogens with one attached hydrogen (secondary N) is 1. The molecule has 0 radical (unpaired) electrons. The summed E-state index contributed by atoms with van der Waals surface area (Å²) in [6.07, 6.45) is 2.95. The van der Waals surface area contributed by atoms with Crippen LogP contribution in [-0.2, 0) is 24.3 Å². The zero-order chi connectivity index (χ0) is 24.4. The summed E-state index contributed by atoms with van der Waals surface area (Å²) >= 11 is 0. The number of aromatic nitrogens is 5. The van der Waals surface area contributed by atoms with Crippen molar-refractivity contribution in [2.45, 2.75) is 19.5 Å². The zero-order valence-corrected chi connectivity index (χ0v) is 18.3. The fourth-order valence-electron chi connectivity index (χ4n) is 3.77. The van der Waals surface area contributed by atoms with Crippen LogP contribution in [0.4, 0.5) is 5.69 Å². The monoisotopic (exact) mass is 473 g/mol. The van der Waals surface area contributed by atoms with Gasteiger partial charge >= 0.3 is 0 Å². The summed E-state index contributed by atoms with van der Waals surface area (Å²) in [6, 6.07) is 13.3. The Labute approximate surface area is 196 Å². The maximum absolute atomic E-state index is 12.9. The van der Waals surface area contributed by atoms with E-state index in [9.17, 15) is 19.7 Å². The van der Waals surface area contributed by atoms with E-state index in [4.69, 9.17) is 4.52 Å². The smallest absolute Gasteiger partial charge is 0.269 e. The molecule has 1 amide bonds. The summed E-state index contributed by atoms with van der Waals surface area (Å²) in [7, 11) is 0. The van der Waals surface area contributed by atoms with E-state index in [0.29, 0.717) is 35.4 Å². The van der Waals surface area contributed by atoms with E-state index >= 15 is 0 Å². The number of rotatable bonds is 8. The summed E-state index contributed by atoms with van der Waals surface area (Å²) < 4.78 is 8.19. The van der Waals surface area contributed by atoms with Crippen LogP contribution in [0.2, 0.25) is 0 Å². The van der Waals surface area contributed by atoms with Gasteiger partial charge in [-0.05, 0) is 17.7 Å². The third-order valence-corrected chi connectivity index (χ3v) is 5.55. The number of carbonyl (C=O) groups excluding carboxylic acids is 1. The molecule has 35 heavy (non-hydrogen) atoms. The fourth-order valence-corrected chi connectivity index (χ4v) is 3.77. The summed E-state index contributed by atoms with van der Waals surface area (Å²) in [5.74, 6) is -0.209. The molecule has 5 aromatic rings. The molecule has 0 unspecified atom stereocenters. The number of amides is 1. The van der Waals surface area contributed by atoms with E-state index in [1.807, 2.05) is 18.2 Å². The van der Waals surface area contributed by atoms with Gasteiger partial charge in [0, 0.05) is 24.1 Å². The van der Waals surface area contributed by atoms with Gasteiger partial charge < -0.3 is 9.84 Å². The van der Waals surface area contributed by atoms with Crippen molar-refractivity contribution >= 4 is 33.6 Å². The number of para-hydroxylation sites is 1. The predicted octanol–water partition coefficient (Wildman–Crippen LogP) is 2.05. The molecule has 0 aliphatic carbocycles. The Kier molecular flexibility index (Phi) is 5.75. The van der Waals surface area contributed by atoms with Crippen LogP contribution in [0.1, 0.15) is 11.3 Å². The first-order valence-electron chi connectivity index (χ1n) is 10.7. The van der Waals surface area contributed by atoms with Gasteiger partial charge in [-0.2, -0.15) is 5.10 Å². The lowest BCUT2D eigenvalue weighted by molar-refractivity contribution is -0.384. The number of fused-ring (bicyclic) bond motifs is 2. The average Bonchev–Trinajstić information content (AvgIpc) is 3.46. The maximum atomic E-state index is 12.9. The lowest BCUT2D eigenvalue weighted by Crippen LogP contribution is -2.29. The van der Waals surface area contributed by atoms with E-state index in [-0.39, 0.29) is 30.1 Å². The molecule has 0 aliphatic heterocycles. The molecule has 3 heterocycles. The van der Waals surface area contributed by atoms with Gasteiger partial charge in [-0.1, -0.05) is 29.4 Å². The molecular formula is C23H19N7O5. The highest BCUT2D eigenvalue weighted by atomic mass is 16.6. The molecule has 176 valence electrons. The van der Waals surface area contributed by atoms with Crippen molar-refractivity contribution in [3.8, 4) is 0 Å². The van der Waals surface area contributed by atoms with Crippen LogP contribution in [0.25, 0.3) is 22.0 Å². The molecule has 0 saturated carbocycles. The predicted molar refractivity (Wildman–Crippen MR) is 125 cm³/mol. The molecule has 0 atom stereocenters. The number of nitrogens with zero attached hydrogens (tertiary/aromatic N) is 6. The normalized spacial score (nSPS) is 11.2. The Balaban J connectivity index is 1.22. The molecule has 2 aromatic carbocycles. The van der Waals surface area contributed by atoms with Crippen LogP contribution in [0.15, 0.2) is 70.4 Å². The summed E-state index contributed by atoms with van der Waals surface area (Å²) in [4.78, 5) is 39.9. The fraction of sp³-hybridized carbons (Fsp3) is 0.174. The Morgan fingerprint density at radius 1 is 1.11 bits per heavy atom. The van der Waals surface area contributed by atoms with Crippen molar-refractivity contribution in [2.24, 2.45) is 0 Å². The van der Waals surface area contributed by atoms with Gasteiger partial charge in [-0.25, -0.2) is 9.67 Å². The molecule has 0 spiro atoms. The number of non-ortho nitro benzene ring substituents is 1. The number of hydrogen-bond donors (Lipinski definition) is 1. The average molecular weight is 473 g/mol. The molecule has 12 heteroatoms. The van der Waals surface area contributed by atoms with Crippen molar-refractivity contribution in [2.75, 3.05) is 6.54 Å². The minimum Gasteiger partial charge on any atom is -0.356 e. The lowest BCUT2D eigenvalue weighted by Gasteiger charge is -2.07. The van der Waals surface area contributed by atoms with E-state index < -0.39 is 4.92 Å². The van der Waals surface area contributed by atoms with E-state index in [0.717, 1.165) is 10.9 Å². The largest absolute Gasteiger partial charge is 0.356 e. The van der Waals surface area contributed by atoms with Gasteiger partial charge in [0.25, 0.3) is 11.2 Å². The highest BCUT2D eigenvalue weighted by Crippen LogP contribution is 2.18. The summed E-state index contributed by atoms with van der Waals surface area (Å²) in [5.41, 5.74) is 2.04. The summed E-state index contributed by atoms with van der Waals surface area (Å²) in [6.45, 7) is 0.838.